The number of rotatable bonds is 2. The summed E-state index contributed by atoms with van der Waals surface area (Å²) < 4.78 is 0. The second-order valence-corrected chi connectivity index (χ2v) is 3.55. The molecule has 9 heteroatoms. The summed E-state index contributed by atoms with van der Waals surface area (Å²) >= 11 is 0. The van der Waals surface area contributed by atoms with Crippen molar-refractivity contribution in [1.82, 2.24) is 20.1 Å². The third kappa shape index (κ3) is 1.94. The largest absolute Gasteiger partial charge is 0.352 e. The second kappa shape index (κ2) is 3.85. The van der Waals surface area contributed by atoms with E-state index in [1.165, 1.54) is 7.05 Å². The van der Waals surface area contributed by atoms with E-state index < -0.39 is 23.2 Å². The lowest BCUT2D eigenvalue weighted by Gasteiger charge is -2.09. The first-order valence-corrected chi connectivity index (χ1v) is 4.75. The van der Waals surface area contributed by atoms with Gasteiger partial charge in [0, 0.05) is 7.05 Å². The summed E-state index contributed by atoms with van der Waals surface area (Å²) in [6.45, 7) is 0. The zero-order valence-electron chi connectivity index (χ0n) is 8.81. The molecule has 2 amide bonds. The number of aromatic nitrogens is 3. The van der Waals surface area contributed by atoms with E-state index in [-0.39, 0.29) is 18.1 Å². The van der Waals surface area contributed by atoms with E-state index in [0.717, 1.165) is 4.90 Å². The van der Waals surface area contributed by atoms with Crippen molar-refractivity contribution in [3.63, 3.8) is 0 Å². The van der Waals surface area contributed by atoms with Crippen molar-refractivity contribution in [2.24, 2.45) is 0 Å². The van der Waals surface area contributed by atoms with Gasteiger partial charge in [-0.3, -0.25) is 24.3 Å². The number of carbonyl (C=O) groups excluding carboxylic acids is 2. The number of likely N-dealkylation sites (tertiary alicyclic amines) is 1. The number of hydrogen-bond donors (Lipinski definition) is 3. The van der Waals surface area contributed by atoms with E-state index in [4.69, 9.17) is 0 Å². The van der Waals surface area contributed by atoms with Gasteiger partial charge in [0.2, 0.25) is 11.7 Å². The molecule has 1 aromatic heterocycles. The van der Waals surface area contributed by atoms with Crippen molar-refractivity contribution in [2.45, 2.75) is 12.5 Å². The molecule has 0 spiro atoms. The maximum absolute atomic E-state index is 11.5. The van der Waals surface area contributed by atoms with Gasteiger partial charge in [-0.05, 0) is 0 Å². The minimum atomic E-state index is -0.827. The molecule has 3 N–H and O–H groups in total. The predicted octanol–water partition coefficient (Wildman–Crippen LogP) is -2.37. The van der Waals surface area contributed by atoms with E-state index in [0.29, 0.717) is 0 Å². The van der Waals surface area contributed by atoms with Crippen LogP contribution in [0.15, 0.2) is 9.59 Å². The zero-order valence-corrected chi connectivity index (χ0v) is 8.81. The molecule has 0 bridgehead atoms. The van der Waals surface area contributed by atoms with Crippen LogP contribution < -0.4 is 16.6 Å². The van der Waals surface area contributed by atoms with Crippen molar-refractivity contribution in [3.05, 3.63) is 20.8 Å². The normalized spacial score (nSPS) is 19.8. The van der Waals surface area contributed by atoms with E-state index in [2.05, 4.69) is 10.4 Å². The summed E-state index contributed by atoms with van der Waals surface area (Å²) in [6, 6.07) is -0.827. The Morgan fingerprint density at radius 2 is 2.06 bits per heavy atom. The quantitative estimate of drug-likeness (QED) is 0.495. The number of likely N-dealkylation sites (N-methyl/N-ethyl adjacent to an activating group) is 1. The van der Waals surface area contributed by atoms with E-state index in [9.17, 15) is 19.2 Å². The summed E-state index contributed by atoms with van der Waals surface area (Å²) in [4.78, 5) is 47.7. The van der Waals surface area contributed by atoms with Gasteiger partial charge < -0.3 is 5.32 Å². The van der Waals surface area contributed by atoms with Gasteiger partial charge in [0.1, 0.15) is 6.04 Å². The lowest BCUT2D eigenvalue weighted by atomic mass is 10.2. The van der Waals surface area contributed by atoms with Crippen molar-refractivity contribution >= 4 is 17.6 Å². The lowest BCUT2D eigenvalue weighted by molar-refractivity contribution is -0.136. The molecule has 1 aliphatic heterocycles. The average molecular weight is 239 g/mol. The number of carbonyl (C=O) groups is 2. The summed E-state index contributed by atoms with van der Waals surface area (Å²) in [5.74, 6) is -0.984. The zero-order chi connectivity index (χ0) is 12.6. The first kappa shape index (κ1) is 11.0. The standard InChI is InChI=1S/C8H9N5O4/c1-13-4(14)2-3(7(13)16)9-5-6(15)10-8(17)12-11-5/h3H,2H2,1H3,(H,9,11)(H2,10,12,15,17). The van der Waals surface area contributed by atoms with Gasteiger partial charge in [0.15, 0.2) is 0 Å². The number of nitrogens with one attached hydrogen (secondary N) is 3. The molecule has 2 rings (SSSR count). The third-order valence-electron chi connectivity index (χ3n) is 2.40. The molecule has 1 aromatic rings. The van der Waals surface area contributed by atoms with Crippen LogP contribution >= 0.6 is 0 Å². The number of anilines is 1. The molecule has 9 nitrogen and oxygen atoms in total. The Labute approximate surface area is 93.8 Å². The SMILES string of the molecule is CN1C(=O)CC(Nc2n[nH]c(=O)[nH]c2=O)C1=O. The monoisotopic (exact) mass is 239 g/mol. The number of imide groups is 1. The summed E-state index contributed by atoms with van der Waals surface area (Å²) in [7, 11) is 1.36. The van der Waals surface area contributed by atoms with Gasteiger partial charge in [-0.15, -0.1) is 5.10 Å². The molecule has 90 valence electrons. The average Bonchev–Trinajstić information content (AvgIpc) is 2.50. The van der Waals surface area contributed by atoms with Crippen molar-refractivity contribution in [2.75, 3.05) is 12.4 Å². The number of amides is 2. The molecule has 0 aliphatic carbocycles. The van der Waals surface area contributed by atoms with Crippen molar-refractivity contribution < 1.29 is 9.59 Å². The number of hydrogen-bond acceptors (Lipinski definition) is 6. The molecule has 17 heavy (non-hydrogen) atoms. The lowest BCUT2D eigenvalue weighted by Crippen LogP contribution is -2.35. The van der Waals surface area contributed by atoms with Crippen LogP contribution in [0.4, 0.5) is 5.82 Å². The van der Waals surface area contributed by atoms with E-state index in [1.54, 1.807) is 0 Å². The highest BCUT2D eigenvalue weighted by molar-refractivity contribution is 6.06. The van der Waals surface area contributed by atoms with Crippen LogP contribution in [0.3, 0.4) is 0 Å². The smallest absolute Gasteiger partial charge is 0.342 e. The molecular formula is C8H9N5O4. The van der Waals surface area contributed by atoms with Crippen LogP contribution in [0.25, 0.3) is 0 Å². The van der Waals surface area contributed by atoms with Crippen molar-refractivity contribution in [1.29, 1.82) is 0 Å². The first-order valence-electron chi connectivity index (χ1n) is 4.75. The fraction of sp³-hybridized carbons (Fsp3) is 0.375. The van der Waals surface area contributed by atoms with Gasteiger partial charge in [-0.25, -0.2) is 9.89 Å². The second-order valence-electron chi connectivity index (χ2n) is 3.55. The van der Waals surface area contributed by atoms with Gasteiger partial charge in [-0.2, -0.15) is 0 Å². The Hall–Kier alpha value is -2.45. The molecule has 0 aromatic carbocycles. The minimum Gasteiger partial charge on any atom is -0.352 e. The summed E-state index contributed by atoms with van der Waals surface area (Å²) in [6.07, 6.45) is -0.0461. The maximum atomic E-state index is 11.5. The highest BCUT2D eigenvalue weighted by Gasteiger charge is 2.36. The van der Waals surface area contributed by atoms with Gasteiger partial charge in [0.05, 0.1) is 6.42 Å². The fourth-order valence-corrected chi connectivity index (χ4v) is 1.48. The van der Waals surface area contributed by atoms with Crippen LogP contribution in [0, 0.1) is 0 Å². The fourth-order valence-electron chi connectivity index (χ4n) is 1.48. The molecule has 1 fully saturated rings. The number of H-pyrrole nitrogens is 2. The molecule has 1 saturated heterocycles. The summed E-state index contributed by atoms with van der Waals surface area (Å²) in [5, 5.41) is 7.98. The molecule has 0 saturated carbocycles. The number of aromatic amines is 2. The highest BCUT2D eigenvalue weighted by Crippen LogP contribution is 2.13. The van der Waals surface area contributed by atoms with Crippen LogP contribution in [0.2, 0.25) is 0 Å². The molecular weight excluding hydrogens is 230 g/mol. The van der Waals surface area contributed by atoms with Gasteiger partial charge in [0.25, 0.3) is 11.5 Å². The Morgan fingerprint density at radius 1 is 1.35 bits per heavy atom. The Balaban J connectivity index is 2.23. The van der Waals surface area contributed by atoms with Gasteiger partial charge in [-0.1, -0.05) is 0 Å². The highest BCUT2D eigenvalue weighted by atomic mass is 16.2. The Bertz CT molecular complexity index is 588. The van der Waals surface area contributed by atoms with Crippen LogP contribution in [0.5, 0.6) is 0 Å². The topological polar surface area (TPSA) is 128 Å². The Kier molecular flexibility index (Phi) is 2.50. The number of nitrogens with zero attached hydrogens (tertiary/aromatic N) is 2. The molecule has 1 aliphatic rings. The molecule has 1 atom stereocenters. The minimum absolute atomic E-state index is 0.0461. The molecule has 0 radical (unpaired) electrons. The predicted molar refractivity (Wildman–Crippen MR) is 55.3 cm³/mol. The van der Waals surface area contributed by atoms with Crippen LogP contribution in [0.1, 0.15) is 6.42 Å². The molecule has 1 unspecified atom stereocenters. The van der Waals surface area contributed by atoms with Crippen molar-refractivity contribution in [3.8, 4) is 0 Å². The summed E-state index contributed by atoms with van der Waals surface area (Å²) in [5.41, 5.74) is -1.49. The van der Waals surface area contributed by atoms with E-state index >= 15 is 0 Å². The van der Waals surface area contributed by atoms with Gasteiger partial charge >= 0.3 is 5.69 Å². The Morgan fingerprint density at radius 3 is 2.59 bits per heavy atom. The van der Waals surface area contributed by atoms with Crippen LogP contribution in [-0.4, -0.2) is 45.0 Å². The first-order chi connectivity index (χ1) is 7.99. The maximum Gasteiger partial charge on any atom is 0.342 e. The van der Waals surface area contributed by atoms with E-state index in [1.807, 2.05) is 10.1 Å². The van der Waals surface area contributed by atoms with Crippen LogP contribution in [-0.2, 0) is 9.59 Å². The molecule has 2 heterocycles. The third-order valence-corrected chi connectivity index (χ3v) is 2.40.